The summed E-state index contributed by atoms with van der Waals surface area (Å²) in [4.78, 5) is 3.66. The maximum absolute atomic E-state index is 3.66. The van der Waals surface area contributed by atoms with Crippen molar-refractivity contribution in [1.29, 1.82) is 0 Å². The molecular weight excluding hydrogens is 414 g/mol. The minimum absolute atomic E-state index is 1.18. The standard InChI is InChI=1S/C31H19N3/c1-17-13-23-22-15-21-18-7-2-4-10-24(18)32-25(21)16-28(22)34-27-12-6-9-20-19-8-3-5-11-26(19)33(30(20)27)29(14-17)31(23)34/h2-16,32H,1H3. The number of H-pyrrole nitrogens is 1. The third-order valence-corrected chi connectivity index (χ3v) is 7.77. The second-order valence-corrected chi connectivity index (χ2v) is 9.63. The van der Waals surface area contributed by atoms with Crippen molar-refractivity contribution in [3.63, 3.8) is 0 Å². The van der Waals surface area contributed by atoms with E-state index in [1.54, 1.807) is 0 Å². The first kappa shape index (κ1) is 17.0. The van der Waals surface area contributed by atoms with Gasteiger partial charge in [0, 0.05) is 43.4 Å². The SMILES string of the molecule is Cc1cc2c3cc4c(cc3n3c5cccc6c7ccccc7n(c(c1)c23)c65)[nH]c1ccccc14. The molecule has 0 aliphatic rings. The molecule has 4 aromatic heterocycles. The Morgan fingerprint density at radius 2 is 1.21 bits per heavy atom. The summed E-state index contributed by atoms with van der Waals surface area (Å²) in [5.74, 6) is 0. The Morgan fingerprint density at radius 1 is 0.471 bits per heavy atom. The summed E-state index contributed by atoms with van der Waals surface area (Å²) in [5, 5.41) is 7.81. The number of para-hydroxylation sites is 3. The molecule has 4 heterocycles. The Morgan fingerprint density at radius 3 is 2.15 bits per heavy atom. The molecule has 0 saturated heterocycles. The number of nitrogens with zero attached hydrogens (tertiary/aromatic N) is 2. The molecule has 5 aromatic carbocycles. The summed E-state index contributed by atoms with van der Waals surface area (Å²) >= 11 is 0. The molecule has 0 aliphatic heterocycles. The van der Waals surface area contributed by atoms with E-state index in [1.807, 2.05) is 0 Å². The topological polar surface area (TPSA) is 24.6 Å². The van der Waals surface area contributed by atoms with Gasteiger partial charge in [0.15, 0.2) is 0 Å². The van der Waals surface area contributed by atoms with Crippen LogP contribution in [0, 0.1) is 6.92 Å². The molecule has 0 saturated carbocycles. The summed E-state index contributed by atoms with van der Waals surface area (Å²) in [5.41, 5.74) is 11.3. The molecule has 0 fully saturated rings. The molecule has 34 heavy (non-hydrogen) atoms. The van der Waals surface area contributed by atoms with Crippen LogP contribution in [-0.2, 0) is 0 Å². The summed E-state index contributed by atoms with van der Waals surface area (Å²) in [6, 6.07) is 33.6. The van der Waals surface area contributed by atoms with Gasteiger partial charge in [-0.3, -0.25) is 0 Å². The lowest BCUT2D eigenvalue weighted by molar-refractivity contribution is 1.25. The molecule has 9 aromatic rings. The fourth-order valence-corrected chi connectivity index (χ4v) is 6.46. The molecule has 3 nitrogen and oxygen atoms in total. The van der Waals surface area contributed by atoms with Crippen LogP contribution in [0.3, 0.4) is 0 Å². The smallest absolute Gasteiger partial charge is 0.0783 e. The van der Waals surface area contributed by atoms with Crippen LogP contribution in [0.1, 0.15) is 5.56 Å². The predicted octanol–water partition coefficient (Wildman–Crippen LogP) is 8.19. The van der Waals surface area contributed by atoms with Crippen LogP contribution in [0.2, 0.25) is 0 Å². The van der Waals surface area contributed by atoms with E-state index in [-0.39, 0.29) is 0 Å². The van der Waals surface area contributed by atoms with Gasteiger partial charge in [-0.25, -0.2) is 0 Å². The van der Waals surface area contributed by atoms with Gasteiger partial charge < -0.3 is 13.8 Å². The van der Waals surface area contributed by atoms with Gasteiger partial charge in [0.1, 0.15) is 0 Å². The molecule has 0 radical (unpaired) electrons. The van der Waals surface area contributed by atoms with E-state index in [2.05, 4.69) is 112 Å². The van der Waals surface area contributed by atoms with Crippen molar-refractivity contribution >= 4 is 76.5 Å². The van der Waals surface area contributed by atoms with E-state index in [1.165, 1.54) is 82.0 Å². The van der Waals surface area contributed by atoms with Gasteiger partial charge in [-0.05, 0) is 55.0 Å². The molecule has 0 bridgehead atoms. The Kier molecular flexibility index (Phi) is 2.77. The Labute approximate surface area is 193 Å². The normalized spacial score (nSPS) is 12.9. The number of aryl methyl sites for hydroxylation is 1. The quantitative estimate of drug-likeness (QED) is 0.233. The van der Waals surface area contributed by atoms with E-state index in [0.29, 0.717) is 0 Å². The van der Waals surface area contributed by atoms with Gasteiger partial charge in [-0.15, -0.1) is 0 Å². The van der Waals surface area contributed by atoms with Gasteiger partial charge in [-0.2, -0.15) is 0 Å². The number of benzene rings is 5. The third kappa shape index (κ3) is 1.80. The van der Waals surface area contributed by atoms with E-state index in [9.17, 15) is 0 Å². The lowest BCUT2D eigenvalue weighted by Gasteiger charge is -2.12. The van der Waals surface area contributed by atoms with Crippen LogP contribution in [0.4, 0.5) is 0 Å². The van der Waals surface area contributed by atoms with Crippen molar-refractivity contribution < 1.29 is 0 Å². The zero-order chi connectivity index (χ0) is 22.1. The first-order valence-electron chi connectivity index (χ1n) is 11.8. The number of hydrogen-bond acceptors (Lipinski definition) is 0. The van der Waals surface area contributed by atoms with E-state index < -0.39 is 0 Å². The van der Waals surface area contributed by atoms with Crippen molar-refractivity contribution in [2.75, 3.05) is 0 Å². The fourth-order valence-electron chi connectivity index (χ4n) is 6.46. The maximum atomic E-state index is 3.66. The lowest BCUT2D eigenvalue weighted by atomic mass is 10.1. The number of hydrogen-bond donors (Lipinski definition) is 1. The number of rotatable bonds is 0. The first-order valence-corrected chi connectivity index (χ1v) is 11.8. The zero-order valence-electron chi connectivity index (χ0n) is 18.6. The molecule has 158 valence electrons. The van der Waals surface area contributed by atoms with Crippen LogP contribution in [0.15, 0.2) is 91.0 Å². The van der Waals surface area contributed by atoms with Crippen molar-refractivity contribution in [3.8, 4) is 0 Å². The molecule has 0 unspecified atom stereocenters. The van der Waals surface area contributed by atoms with E-state index >= 15 is 0 Å². The van der Waals surface area contributed by atoms with Gasteiger partial charge in [0.25, 0.3) is 0 Å². The molecule has 3 heteroatoms. The summed E-state index contributed by atoms with van der Waals surface area (Å²) in [6.45, 7) is 2.22. The van der Waals surface area contributed by atoms with Crippen LogP contribution in [-0.4, -0.2) is 13.8 Å². The molecule has 0 aliphatic carbocycles. The van der Waals surface area contributed by atoms with Gasteiger partial charge in [-0.1, -0.05) is 48.5 Å². The summed E-state index contributed by atoms with van der Waals surface area (Å²) in [6.07, 6.45) is 0. The predicted molar refractivity (Wildman–Crippen MR) is 144 cm³/mol. The summed E-state index contributed by atoms with van der Waals surface area (Å²) < 4.78 is 4.97. The Bertz CT molecular complexity index is 2290. The lowest BCUT2D eigenvalue weighted by Crippen LogP contribution is -1.97. The number of aromatic amines is 1. The van der Waals surface area contributed by atoms with Crippen molar-refractivity contribution in [2.24, 2.45) is 0 Å². The van der Waals surface area contributed by atoms with Crippen molar-refractivity contribution in [2.45, 2.75) is 6.92 Å². The largest absolute Gasteiger partial charge is 0.354 e. The van der Waals surface area contributed by atoms with Crippen LogP contribution in [0.5, 0.6) is 0 Å². The van der Waals surface area contributed by atoms with Crippen molar-refractivity contribution in [1.82, 2.24) is 13.8 Å². The minimum Gasteiger partial charge on any atom is -0.354 e. The minimum atomic E-state index is 1.18. The van der Waals surface area contributed by atoms with Gasteiger partial charge >= 0.3 is 0 Å². The Hall–Kier alpha value is -4.50. The second kappa shape index (κ2) is 5.52. The average Bonchev–Trinajstić information content (AvgIpc) is 3.50. The van der Waals surface area contributed by atoms with Crippen LogP contribution < -0.4 is 0 Å². The first-order chi connectivity index (χ1) is 16.8. The van der Waals surface area contributed by atoms with E-state index in [4.69, 9.17) is 0 Å². The summed E-state index contributed by atoms with van der Waals surface area (Å²) in [7, 11) is 0. The van der Waals surface area contributed by atoms with Gasteiger partial charge in [0.2, 0.25) is 0 Å². The number of nitrogens with one attached hydrogen (secondary N) is 1. The highest BCUT2D eigenvalue weighted by Crippen LogP contribution is 2.42. The van der Waals surface area contributed by atoms with Crippen molar-refractivity contribution in [3.05, 3.63) is 96.6 Å². The highest BCUT2D eigenvalue weighted by Gasteiger charge is 2.21. The fraction of sp³-hybridized carbons (Fsp3) is 0.0323. The average molecular weight is 434 g/mol. The molecule has 0 spiro atoms. The molecule has 1 N–H and O–H groups in total. The molecule has 9 rings (SSSR count). The molecule has 0 atom stereocenters. The highest BCUT2D eigenvalue weighted by atomic mass is 15.0. The Balaban J connectivity index is 1.66. The van der Waals surface area contributed by atoms with Crippen LogP contribution in [0.25, 0.3) is 76.5 Å². The van der Waals surface area contributed by atoms with Crippen LogP contribution >= 0.6 is 0 Å². The maximum Gasteiger partial charge on any atom is 0.0783 e. The van der Waals surface area contributed by atoms with E-state index in [0.717, 1.165) is 0 Å². The monoisotopic (exact) mass is 433 g/mol. The number of fused-ring (bicyclic) bond motifs is 11. The molecular formula is C31H19N3. The highest BCUT2D eigenvalue weighted by molar-refractivity contribution is 6.24. The number of aromatic nitrogens is 3. The second-order valence-electron chi connectivity index (χ2n) is 9.63. The third-order valence-electron chi connectivity index (χ3n) is 7.77. The van der Waals surface area contributed by atoms with Gasteiger partial charge in [0.05, 0.1) is 33.1 Å². The molecule has 0 amide bonds. The zero-order valence-corrected chi connectivity index (χ0v) is 18.6.